The van der Waals surface area contributed by atoms with E-state index in [1.54, 1.807) is 0 Å². The summed E-state index contributed by atoms with van der Waals surface area (Å²) in [6.45, 7) is 7.58. The molecule has 0 radical (unpaired) electrons. The monoisotopic (exact) mass is 275 g/mol. The molecule has 0 amide bonds. The van der Waals surface area contributed by atoms with Crippen molar-refractivity contribution in [3.63, 3.8) is 0 Å². The van der Waals surface area contributed by atoms with Crippen LogP contribution < -0.4 is 0 Å². The van der Waals surface area contributed by atoms with Gasteiger partial charge in [-0.15, -0.1) is 0 Å². The van der Waals surface area contributed by atoms with Crippen LogP contribution in [0.3, 0.4) is 0 Å². The number of hydrogen-bond donors (Lipinski definition) is 1. The van der Waals surface area contributed by atoms with Crippen molar-refractivity contribution in [2.45, 2.75) is 26.8 Å². The minimum atomic E-state index is -0.259. The van der Waals surface area contributed by atoms with Gasteiger partial charge in [0.05, 0.1) is 6.61 Å². The second-order valence-corrected chi connectivity index (χ2v) is 5.73. The largest absolute Gasteiger partial charge is 0.395 e. The summed E-state index contributed by atoms with van der Waals surface area (Å²) in [6.07, 6.45) is 0.424. The lowest BCUT2D eigenvalue weighted by Crippen LogP contribution is -2.20. The van der Waals surface area contributed by atoms with Crippen LogP contribution >= 0.6 is 0 Å². The highest BCUT2D eigenvalue weighted by Crippen LogP contribution is 2.24. The Bertz CT molecular complexity index is 507. The number of nitrogens with zero attached hydrogens (tertiary/aromatic N) is 1. The van der Waals surface area contributed by atoms with E-state index in [0.717, 1.165) is 30.8 Å². The summed E-state index contributed by atoms with van der Waals surface area (Å²) in [6, 6.07) is 4.81. The van der Waals surface area contributed by atoms with Gasteiger partial charge < -0.3 is 5.11 Å². The van der Waals surface area contributed by atoms with Gasteiger partial charge in [-0.2, -0.15) is 0 Å². The average molecular weight is 275 g/mol. The van der Waals surface area contributed by atoms with Crippen LogP contribution in [0.15, 0.2) is 18.2 Å². The Hall–Kier alpha value is -1.37. The molecule has 1 aliphatic heterocycles. The molecule has 1 aromatic rings. The number of benzene rings is 1. The van der Waals surface area contributed by atoms with Crippen LogP contribution in [0.1, 0.15) is 31.4 Å². The van der Waals surface area contributed by atoms with Crippen molar-refractivity contribution in [3.05, 3.63) is 35.1 Å². The van der Waals surface area contributed by atoms with E-state index in [4.69, 9.17) is 5.11 Å². The molecule has 0 aromatic heterocycles. The normalized spacial score (nSPS) is 22.6. The molecule has 1 aliphatic rings. The predicted molar refractivity (Wildman–Crippen MR) is 78.6 cm³/mol. The molecule has 0 aliphatic carbocycles. The zero-order chi connectivity index (χ0) is 14.5. The number of aliphatic hydroxyl groups excluding tert-OH is 1. The number of hydrogen-bond acceptors (Lipinski definition) is 2. The van der Waals surface area contributed by atoms with Gasteiger partial charge in [-0.05, 0) is 29.5 Å². The van der Waals surface area contributed by atoms with Crippen LogP contribution in [-0.4, -0.2) is 29.7 Å². The van der Waals surface area contributed by atoms with Crippen LogP contribution in [0, 0.1) is 29.5 Å². The van der Waals surface area contributed by atoms with E-state index in [0.29, 0.717) is 18.3 Å². The fourth-order valence-electron chi connectivity index (χ4n) is 2.64. The minimum absolute atomic E-state index is 0.0405. The van der Waals surface area contributed by atoms with E-state index < -0.39 is 0 Å². The second kappa shape index (κ2) is 6.88. The lowest BCUT2D eigenvalue weighted by Gasteiger charge is -2.16. The van der Waals surface area contributed by atoms with Gasteiger partial charge in [-0.1, -0.05) is 31.8 Å². The smallest absolute Gasteiger partial charge is 0.124 e. The van der Waals surface area contributed by atoms with Gasteiger partial charge >= 0.3 is 0 Å². The van der Waals surface area contributed by atoms with Crippen LogP contribution in [0.25, 0.3) is 0 Å². The van der Waals surface area contributed by atoms with Crippen molar-refractivity contribution < 1.29 is 9.50 Å². The highest BCUT2D eigenvalue weighted by molar-refractivity contribution is 5.41. The number of aliphatic hydroxyl groups is 1. The quantitative estimate of drug-likeness (QED) is 0.857. The predicted octanol–water partition coefficient (Wildman–Crippen LogP) is 2.65. The lowest BCUT2D eigenvalue weighted by atomic mass is 10.0. The summed E-state index contributed by atoms with van der Waals surface area (Å²) in [5.41, 5.74) is 1.81. The Kier molecular flexibility index (Phi) is 5.17. The van der Waals surface area contributed by atoms with Gasteiger partial charge in [0.15, 0.2) is 0 Å². The fraction of sp³-hybridized carbons (Fsp3) is 0.529. The van der Waals surface area contributed by atoms with Gasteiger partial charge in [0.25, 0.3) is 0 Å². The highest BCUT2D eigenvalue weighted by atomic mass is 19.1. The molecule has 2 nitrogen and oxygen atoms in total. The molecule has 1 fully saturated rings. The van der Waals surface area contributed by atoms with Gasteiger partial charge in [-0.3, -0.25) is 4.90 Å². The Morgan fingerprint density at radius 3 is 2.65 bits per heavy atom. The van der Waals surface area contributed by atoms with E-state index in [1.807, 2.05) is 6.07 Å². The summed E-state index contributed by atoms with van der Waals surface area (Å²) in [7, 11) is 0. The Labute approximate surface area is 120 Å². The maximum absolute atomic E-state index is 13.4. The Morgan fingerprint density at radius 2 is 2.00 bits per heavy atom. The van der Waals surface area contributed by atoms with E-state index in [9.17, 15) is 4.39 Å². The van der Waals surface area contributed by atoms with Crippen molar-refractivity contribution >= 4 is 0 Å². The third-order valence-corrected chi connectivity index (χ3v) is 3.99. The van der Waals surface area contributed by atoms with Crippen LogP contribution in [0.5, 0.6) is 0 Å². The third-order valence-electron chi connectivity index (χ3n) is 3.99. The molecule has 1 N–H and O–H groups in total. The summed E-state index contributed by atoms with van der Waals surface area (Å²) in [4.78, 5) is 2.40. The van der Waals surface area contributed by atoms with Crippen LogP contribution in [0.2, 0.25) is 0 Å². The topological polar surface area (TPSA) is 23.5 Å². The molecule has 108 valence electrons. The van der Waals surface area contributed by atoms with Gasteiger partial charge in [0.2, 0.25) is 0 Å². The summed E-state index contributed by atoms with van der Waals surface area (Å²) < 4.78 is 13.4. The number of rotatable bonds is 3. The molecule has 1 saturated heterocycles. The minimum Gasteiger partial charge on any atom is -0.395 e. The zero-order valence-electron chi connectivity index (χ0n) is 12.2. The summed E-state index contributed by atoms with van der Waals surface area (Å²) >= 11 is 0. The Morgan fingerprint density at radius 1 is 1.30 bits per heavy atom. The maximum atomic E-state index is 13.4. The fourth-order valence-corrected chi connectivity index (χ4v) is 2.64. The molecule has 2 unspecified atom stereocenters. The van der Waals surface area contributed by atoms with E-state index >= 15 is 0 Å². The van der Waals surface area contributed by atoms with Gasteiger partial charge in [-0.25, -0.2) is 4.39 Å². The SMILES string of the molecule is CC1CN(Cc2ccc(F)cc2C#CCCO)CC1C. The van der Waals surface area contributed by atoms with Crippen LogP contribution in [-0.2, 0) is 6.54 Å². The second-order valence-electron chi connectivity index (χ2n) is 5.73. The zero-order valence-corrected chi connectivity index (χ0v) is 12.2. The first kappa shape index (κ1) is 15.0. The van der Waals surface area contributed by atoms with Crippen molar-refractivity contribution in [1.82, 2.24) is 4.90 Å². The molecule has 3 heteroatoms. The highest BCUT2D eigenvalue weighted by Gasteiger charge is 2.26. The van der Waals surface area contributed by atoms with Crippen molar-refractivity contribution in [1.29, 1.82) is 0 Å². The van der Waals surface area contributed by atoms with E-state index in [1.165, 1.54) is 12.1 Å². The van der Waals surface area contributed by atoms with E-state index in [2.05, 4.69) is 30.6 Å². The third kappa shape index (κ3) is 3.82. The molecule has 1 heterocycles. The summed E-state index contributed by atoms with van der Waals surface area (Å²) in [5, 5.41) is 8.77. The first-order chi connectivity index (χ1) is 9.60. The standard InChI is InChI=1S/C17H22FNO/c1-13-10-19(11-14(13)2)12-16-6-7-17(18)9-15(16)5-3-4-8-20/h6-7,9,13-14,20H,4,8,10-12H2,1-2H3. The first-order valence-corrected chi connectivity index (χ1v) is 7.20. The van der Waals surface area contributed by atoms with Crippen molar-refractivity contribution in [3.8, 4) is 11.8 Å². The number of likely N-dealkylation sites (tertiary alicyclic amines) is 1. The molecule has 2 rings (SSSR count). The molecule has 1 aromatic carbocycles. The van der Waals surface area contributed by atoms with E-state index in [-0.39, 0.29) is 12.4 Å². The van der Waals surface area contributed by atoms with Crippen LogP contribution in [0.4, 0.5) is 4.39 Å². The van der Waals surface area contributed by atoms with Gasteiger partial charge in [0, 0.05) is 31.6 Å². The molecule has 20 heavy (non-hydrogen) atoms. The molecular weight excluding hydrogens is 253 g/mol. The first-order valence-electron chi connectivity index (χ1n) is 7.20. The number of halogens is 1. The summed E-state index contributed by atoms with van der Waals surface area (Å²) in [5.74, 6) is 7.01. The van der Waals surface area contributed by atoms with Crippen molar-refractivity contribution in [2.75, 3.05) is 19.7 Å². The van der Waals surface area contributed by atoms with Crippen molar-refractivity contribution in [2.24, 2.45) is 11.8 Å². The molecule has 0 spiro atoms. The molecule has 0 saturated carbocycles. The Balaban J connectivity index is 2.13. The molecule has 2 atom stereocenters. The maximum Gasteiger partial charge on any atom is 0.124 e. The average Bonchev–Trinajstić information content (AvgIpc) is 2.72. The molecule has 0 bridgehead atoms. The van der Waals surface area contributed by atoms with Gasteiger partial charge in [0.1, 0.15) is 5.82 Å². The lowest BCUT2D eigenvalue weighted by molar-refractivity contribution is 0.305. The molecular formula is C17H22FNO.